The van der Waals surface area contributed by atoms with Crippen molar-refractivity contribution in [2.24, 2.45) is 0 Å². The molecule has 1 aliphatic rings. The van der Waals surface area contributed by atoms with Crippen molar-refractivity contribution in [2.75, 3.05) is 31.6 Å². The van der Waals surface area contributed by atoms with Crippen LogP contribution in [-0.4, -0.2) is 57.8 Å². The van der Waals surface area contributed by atoms with Crippen LogP contribution in [0.3, 0.4) is 0 Å². The quantitative estimate of drug-likeness (QED) is 0.498. The maximum absolute atomic E-state index is 13.0. The Morgan fingerprint density at radius 2 is 1.47 bits per heavy atom. The molecule has 1 saturated heterocycles. The molecule has 5 rings (SSSR count). The topological polar surface area (TPSA) is 89.4 Å². The summed E-state index contributed by atoms with van der Waals surface area (Å²) in [6.07, 6.45) is 0. The summed E-state index contributed by atoms with van der Waals surface area (Å²) in [5, 5.41) is 7.31. The van der Waals surface area contributed by atoms with Gasteiger partial charge in [0, 0.05) is 29.9 Å². The van der Waals surface area contributed by atoms with Crippen molar-refractivity contribution in [3.05, 3.63) is 96.3 Å². The molecule has 0 spiro atoms. The molecule has 0 saturated carbocycles. The van der Waals surface area contributed by atoms with Crippen molar-refractivity contribution in [3.63, 3.8) is 0 Å². The van der Waals surface area contributed by atoms with E-state index in [-0.39, 0.29) is 11.7 Å². The van der Waals surface area contributed by atoms with Crippen molar-refractivity contribution in [1.82, 2.24) is 19.7 Å². The van der Waals surface area contributed by atoms with E-state index in [1.54, 1.807) is 33.8 Å². The van der Waals surface area contributed by atoms with Crippen LogP contribution in [0.4, 0.5) is 5.69 Å². The molecule has 4 aromatic rings. The summed E-state index contributed by atoms with van der Waals surface area (Å²) in [4.78, 5) is 31.9. The first-order valence-electron chi connectivity index (χ1n) is 11.1. The van der Waals surface area contributed by atoms with E-state index in [2.05, 4.69) is 15.4 Å². The van der Waals surface area contributed by atoms with E-state index in [4.69, 9.17) is 4.74 Å². The highest BCUT2D eigenvalue weighted by Gasteiger charge is 2.20. The van der Waals surface area contributed by atoms with Gasteiger partial charge in [0.05, 0.1) is 18.9 Å². The number of aromatic nitrogens is 3. The molecule has 1 aromatic heterocycles. The zero-order valence-electron chi connectivity index (χ0n) is 18.4. The average molecular weight is 454 g/mol. The summed E-state index contributed by atoms with van der Waals surface area (Å²) in [6, 6.07) is 26.0. The minimum Gasteiger partial charge on any atom is -0.378 e. The Morgan fingerprint density at radius 1 is 0.824 bits per heavy atom. The van der Waals surface area contributed by atoms with Gasteiger partial charge in [-0.2, -0.15) is 0 Å². The fourth-order valence-electron chi connectivity index (χ4n) is 3.76. The number of ether oxygens (including phenoxy) is 1. The van der Waals surface area contributed by atoms with Gasteiger partial charge in [-0.05, 0) is 36.4 Å². The van der Waals surface area contributed by atoms with Crippen LogP contribution in [0.15, 0.2) is 84.9 Å². The first-order valence-corrected chi connectivity index (χ1v) is 11.1. The molecule has 0 atom stereocenters. The van der Waals surface area contributed by atoms with Crippen molar-refractivity contribution in [3.8, 4) is 17.1 Å². The summed E-state index contributed by atoms with van der Waals surface area (Å²) in [7, 11) is 0. The van der Waals surface area contributed by atoms with Crippen LogP contribution in [0.5, 0.6) is 0 Å². The number of rotatable bonds is 5. The van der Waals surface area contributed by atoms with Gasteiger partial charge >= 0.3 is 0 Å². The molecular formula is C26H23N5O3. The normalized spacial score (nSPS) is 13.5. The maximum atomic E-state index is 13.0. The molecule has 8 heteroatoms. The van der Waals surface area contributed by atoms with Crippen LogP contribution < -0.4 is 5.32 Å². The van der Waals surface area contributed by atoms with Gasteiger partial charge in [-0.15, -0.1) is 5.10 Å². The van der Waals surface area contributed by atoms with Gasteiger partial charge in [0.25, 0.3) is 11.8 Å². The Morgan fingerprint density at radius 3 is 2.15 bits per heavy atom. The number of nitrogens with one attached hydrogen (secondary N) is 1. The van der Waals surface area contributed by atoms with E-state index in [1.165, 1.54) is 0 Å². The fourth-order valence-corrected chi connectivity index (χ4v) is 3.76. The van der Waals surface area contributed by atoms with Gasteiger partial charge in [0.15, 0.2) is 5.82 Å². The molecule has 170 valence electrons. The Labute approximate surface area is 196 Å². The maximum Gasteiger partial charge on any atom is 0.295 e. The molecule has 34 heavy (non-hydrogen) atoms. The third-order valence-electron chi connectivity index (χ3n) is 5.53. The number of para-hydroxylation sites is 1. The van der Waals surface area contributed by atoms with Crippen molar-refractivity contribution in [1.29, 1.82) is 0 Å². The number of carbonyl (C=O) groups excluding carboxylic acids is 2. The number of hydrogen-bond acceptors (Lipinski definition) is 5. The van der Waals surface area contributed by atoms with Crippen molar-refractivity contribution >= 4 is 17.5 Å². The van der Waals surface area contributed by atoms with Gasteiger partial charge in [0.1, 0.15) is 0 Å². The van der Waals surface area contributed by atoms with Crippen molar-refractivity contribution in [2.45, 2.75) is 0 Å². The molecular weight excluding hydrogens is 430 g/mol. The Bertz CT molecular complexity index is 1220. The monoisotopic (exact) mass is 453 g/mol. The highest BCUT2D eigenvalue weighted by Crippen LogP contribution is 2.21. The SMILES string of the molecule is O=C(Nc1ccc(C(=O)N2CCOCC2)cc1)c1nc(-c2ccccc2)n(-c2ccccc2)n1. The molecule has 3 aromatic carbocycles. The zero-order chi connectivity index (χ0) is 23.3. The first kappa shape index (κ1) is 21.5. The number of carbonyl (C=O) groups is 2. The fraction of sp³-hybridized carbons (Fsp3) is 0.154. The molecule has 2 amide bonds. The Balaban J connectivity index is 1.36. The predicted molar refractivity (Wildman–Crippen MR) is 128 cm³/mol. The molecule has 8 nitrogen and oxygen atoms in total. The van der Waals surface area contributed by atoms with Crippen LogP contribution in [0.25, 0.3) is 17.1 Å². The van der Waals surface area contributed by atoms with Crippen LogP contribution in [-0.2, 0) is 4.74 Å². The minimum atomic E-state index is -0.431. The molecule has 0 radical (unpaired) electrons. The predicted octanol–water partition coefficient (Wildman–Crippen LogP) is 3.66. The standard InChI is InChI=1S/C26H23N5O3/c32-25(27-21-13-11-20(12-14-21)26(33)30-15-17-34-18-16-30)23-28-24(19-7-3-1-4-8-19)31(29-23)22-9-5-2-6-10-22/h1-14H,15-18H2,(H,27,32). The second kappa shape index (κ2) is 9.68. The second-order valence-electron chi connectivity index (χ2n) is 7.81. The average Bonchev–Trinajstić information content (AvgIpc) is 3.36. The van der Waals surface area contributed by atoms with Gasteiger partial charge < -0.3 is 15.0 Å². The number of hydrogen-bond donors (Lipinski definition) is 1. The molecule has 1 N–H and O–H groups in total. The summed E-state index contributed by atoms with van der Waals surface area (Å²) in [5.74, 6) is 0.149. The lowest BCUT2D eigenvalue weighted by Gasteiger charge is -2.26. The number of benzene rings is 3. The van der Waals surface area contributed by atoms with E-state index in [9.17, 15) is 9.59 Å². The van der Waals surface area contributed by atoms with E-state index < -0.39 is 5.91 Å². The molecule has 1 aliphatic heterocycles. The Kier molecular flexibility index (Phi) is 6.13. The number of amides is 2. The van der Waals surface area contributed by atoms with Crippen LogP contribution in [0, 0.1) is 0 Å². The lowest BCUT2D eigenvalue weighted by molar-refractivity contribution is 0.0303. The third kappa shape index (κ3) is 4.57. The lowest BCUT2D eigenvalue weighted by Crippen LogP contribution is -2.40. The third-order valence-corrected chi connectivity index (χ3v) is 5.53. The van der Waals surface area contributed by atoms with Gasteiger partial charge in [-0.3, -0.25) is 9.59 Å². The van der Waals surface area contributed by atoms with Gasteiger partial charge in [0.2, 0.25) is 5.82 Å². The second-order valence-corrected chi connectivity index (χ2v) is 7.81. The van der Waals surface area contributed by atoms with Gasteiger partial charge in [-0.25, -0.2) is 9.67 Å². The zero-order valence-corrected chi connectivity index (χ0v) is 18.4. The highest BCUT2D eigenvalue weighted by molar-refractivity contribution is 6.02. The van der Waals surface area contributed by atoms with Crippen molar-refractivity contribution < 1.29 is 14.3 Å². The summed E-state index contributed by atoms with van der Waals surface area (Å²) in [5.41, 5.74) is 2.78. The van der Waals surface area contributed by atoms with Crippen LogP contribution in [0.1, 0.15) is 21.0 Å². The number of anilines is 1. The largest absolute Gasteiger partial charge is 0.378 e. The molecule has 0 bridgehead atoms. The first-order chi connectivity index (χ1) is 16.7. The number of nitrogens with zero attached hydrogens (tertiary/aromatic N) is 4. The molecule has 0 unspecified atom stereocenters. The van der Waals surface area contributed by atoms with Crippen LogP contribution >= 0.6 is 0 Å². The number of morpholine rings is 1. The summed E-state index contributed by atoms with van der Waals surface area (Å²) < 4.78 is 6.96. The van der Waals surface area contributed by atoms with E-state index in [0.717, 1.165) is 11.3 Å². The van der Waals surface area contributed by atoms with Gasteiger partial charge in [-0.1, -0.05) is 48.5 Å². The Hall–Kier alpha value is -4.30. The lowest BCUT2D eigenvalue weighted by atomic mass is 10.1. The highest BCUT2D eigenvalue weighted by atomic mass is 16.5. The molecule has 2 heterocycles. The van der Waals surface area contributed by atoms with E-state index >= 15 is 0 Å². The minimum absolute atomic E-state index is 0.0445. The summed E-state index contributed by atoms with van der Waals surface area (Å²) >= 11 is 0. The summed E-state index contributed by atoms with van der Waals surface area (Å²) in [6.45, 7) is 2.26. The molecule has 0 aliphatic carbocycles. The molecule has 1 fully saturated rings. The van der Waals surface area contributed by atoms with E-state index in [1.807, 2.05) is 60.7 Å². The van der Waals surface area contributed by atoms with Crippen LogP contribution in [0.2, 0.25) is 0 Å². The van der Waals surface area contributed by atoms with E-state index in [0.29, 0.717) is 43.4 Å². The smallest absolute Gasteiger partial charge is 0.295 e.